The number of nitrogens with zero attached hydrogens (tertiary/aromatic N) is 1. The molecule has 19 nitrogen and oxygen atoms in total. The van der Waals surface area contributed by atoms with Crippen molar-refractivity contribution in [3.63, 3.8) is 0 Å². The van der Waals surface area contributed by atoms with Crippen molar-refractivity contribution >= 4 is 49.2 Å². The molecule has 0 radical (unpaired) electrons. The van der Waals surface area contributed by atoms with Gasteiger partial charge in [0, 0.05) is 26.3 Å². The van der Waals surface area contributed by atoms with Crippen LogP contribution in [0, 0.1) is 0 Å². The van der Waals surface area contributed by atoms with E-state index in [1.807, 2.05) is 6.92 Å². The van der Waals surface area contributed by atoms with E-state index >= 15 is 0 Å². The number of phosphoric ester groups is 1. The van der Waals surface area contributed by atoms with Crippen molar-refractivity contribution in [1.82, 2.24) is 26.2 Å². The third kappa shape index (κ3) is 14.3. The van der Waals surface area contributed by atoms with Crippen molar-refractivity contribution in [3.8, 4) is 5.75 Å². The molecule has 2 rings (SSSR count). The fourth-order valence-electron chi connectivity index (χ4n) is 5.46. The van der Waals surface area contributed by atoms with Gasteiger partial charge in [-0.25, -0.2) is 4.57 Å². The lowest BCUT2D eigenvalue weighted by molar-refractivity contribution is -0.142. The lowest BCUT2D eigenvalue weighted by Gasteiger charge is -2.31. The Labute approximate surface area is 294 Å². The maximum absolute atomic E-state index is 13.9. The zero-order chi connectivity index (χ0) is 38.5. The quantitative estimate of drug-likeness (QED) is 0.0654. The Balaban J connectivity index is 2.25. The van der Waals surface area contributed by atoms with Crippen molar-refractivity contribution in [3.05, 3.63) is 29.8 Å². The number of nitrogens with two attached hydrogens (primary N) is 2. The molecule has 0 bridgehead atoms. The zero-order valence-electron chi connectivity index (χ0n) is 28.7. The number of amides is 7. The molecule has 0 saturated carbocycles. The van der Waals surface area contributed by atoms with E-state index in [4.69, 9.17) is 21.3 Å². The molecule has 1 saturated heterocycles. The van der Waals surface area contributed by atoms with E-state index in [-0.39, 0.29) is 44.4 Å². The number of nitrogens with one attached hydrogen (secondary N) is 4. The Kier molecular flexibility index (Phi) is 16.5. The molecule has 51 heavy (non-hydrogen) atoms. The molecular formula is C31H48N7O12P. The van der Waals surface area contributed by atoms with Crippen molar-refractivity contribution in [2.45, 2.75) is 108 Å². The van der Waals surface area contributed by atoms with Gasteiger partial charge in [0.05, 0.1) is 6.10 Å². The Hall–Kier alpha value is -4.58. The highest BCUT2D eigenvalue weighted by molar-refractivity contribution is 7.46. The molecule has 7 amide bonds. The van der Waals surface area contributed by atoms with Gasteiger partial charge in [-0.2, -0.15) is 0 Å². The highest BCUT2D eigenvalue weighted by Crippen LogP contribution is 2.37. The highest BCUT2D eigenvalue weighted by atomic mass is 31.2. The molecule has 0 aromatic heterocycles. The van der Waals surface area contributed by atoms with Gasteiger partial charge < -0.3 is 47.3 Å². The lowest BCUT2D eigenvalue weighted by Crippen LogP contribution is -2.59. The maximum atomic E-state index is 13.9. The minimum atomic E-state index is -4.79. The molecule has 1 aromatic carbocycles. The summed E-state index contributed by atoms with van der Waals surface area (Å²) < 4.78 is 15.7. The fraction of sp³-hybridized carbons (Fsp3) is 0.581. The molecule has 11 N–H and O–H groups in total. The Morgan fingerprint density at radius 2 is 1.57 bits per heavy atom. The lowest BCUT2D eigenvalue weighted by atomic mass is 10.0. The molecule has 0 unspecified atom stereocenters. The van der Waals surface area contributed by atoms with Crippen molar-refractivity contribution in [1.29, 1.82) is 0 Å². The number of hydrogen-bond donors (Lipinski definition) is 9. The number of primary amides is 2. The summed E-state index contributed by atoms with van der Waals surface area (Å²) in [6.45, 7) is 4.47. The number of carbonyl (C=O) groups excluding carboxylic acids is 7. The third-order valence-corrected chi connectivity index (χ3v) is 8.43. The number of likely N-dealkylation sites (tertiary alicyclic amines) is 1. The van der Waals surface area contributed by atoms with E-state index in [0.29, 0.717) is 24.8 Å². The fourth-order valence-corrected chi connectivity index (χ4v) is 5.86. The molecular weight excluding hydrogens is 693 g/mol. The number of unbranched alkanes of at least 4 members (excludes halogenated alkanes) is 1. The Bertz CT molecular complexity index is 1470. The molecule has 0 aliphatic carbocycles. The van der Waals surface area contributed by atoms with Crippen LogP contribution < -0.4 is 37.3 Å². The maximum Gasteiger partial charge on any atom is 0.524 e. The van der Waals surface area contributed by atoms with E-state index in [2.05, 4.69) is 25.8 Å². The van der Waals surface area contributed by atoms with Crippen LogP contribution in [0.4, 0.5) is 0 Å². The summed E-state index contributed by atoms with van der Waals surface area (Å²) in [5.74, 6) is -5.35. The average molecular weight is 742 g/mol. The first kappa shape index (κ1) is 42.6. The Morgan fingerprint density at radius 3 is 2.10 bits per heavy atom. The molecule has 1 aliphatic heterocycles. The van der Waals surface area contributed by atoms with Crippen LogP contribution >= 0.6 is 7.82 Å². The summed E-state index contributed by atoms with van der Waals surface area (Å²) in [6, 6.07) is -0.700. The molecule has 20 heteroatoms. The van der Waals surface area contributed by atoms with Gasteiger partial charge in [-0.3, -0.25) is 43.3 Å². The summed E-state index contributed by atoms with van der Waals surface area (Å²) in [5, 5.41) is 19.9. The van der Waals surface area contributed by atoms with Gasteiger partial charge in [-0.1, -0.05) is 31.9 Å². The van der Waals surface area contributed by atoms with Crippen molar-refractivity contribution < 1.29 is 57.5 Å². The number of carbonyl (C=O) groups is 7. The normalized spacial score (nSPS) is 17.2. The molecule has 6 atom stereocenters. The van der Waals surface area contributed by atoms with Gasteiger partial charge in [0.25, 0.3) is 0 Å². The number of aliphatic hydroxyl groups is 1. The summed E-state index contributed by atoms with van der Waals surface area (Å²) in [4.78, 5) is 109. The molecule has 0 spiro atoms. The van der Waals surface area contributed by atoms with Gasteiger partial charge in [-0.05, 0) is 50.3 Å². The second-order valence-corrected chi connectivity index (χ2v) is 13.4. The molecule has 1 aromatic rings. The topological polar surface area (TPSA) is 310 Å². The van der Waals surface area contributed by atoms with Crippen molar-refractivity contribution in [2.75, 3.05) is 6.54 Å². The van der Waals surface area contributed by atoms with Crippen LogP contribution in [-0.2, 0) is 44.5 Å². The minimum absolute atomic E-state index is 0.0501. The molecule has 1 fully saturated rings. The monoisotopic (exact) mass is 741 g/mol. The number of phosphoric acid groups is 1. The highest BCUT2D eigenvalue weighted by Gasteiger charge is 2.39. The second kappa shape index (κ2) is 19.7. The molecule has 1 aliphatic rings. The second-order valence-electron chi connectivity index (χ2n) is 12.3. The first-order valence-corrected chi connectivity index (χ1v) is 17.9. The van der Waals surface area contributed by atoms with Gasteiger partial charge in [-0.15, -0.1) is 0 Å². The predicted octanol–water partition coefficient (Wildman–Crippen LogP) is -2.03. The van der Waals surface area contributed by atoms with Crippen LogP contribution in [0.25, 0.3) is 0 Å². The summed E-state index contributed by atoms with van der Waals surface area (Å²) >= 11 is 0. The van der Waals surface area contributed by atoms with Crippen LogP contribution in [0.2, 0.25) is 0 Å². The number of rotatable bonds is 20. The largest absolute Gasteiger partial charge is 0.524 e. The third-order valence-electron chi connectivity index (χ3n) is 7.98. The first-order chi connectivity index (χ1) is 23.8. The summed E-state index contributed by atoms with van der Waals surface area (Å²) in [5.41, 5.74) is 11.0. The van der Waals surface area contributed by atoms with Crippen LogP contribution in [-0.4, -0.2) is 104 Å². The van der Waals surface area contributed by atoms with Crippen LogP contribution in [0.1, 0.15) is 71.3 Å². The van der Waals surface area contributed by atoms with E-state index < -0.39 is 85.5 Å². The van der Waals surface area contributed by atoms with Gasteiger partial charge >= 0.3 is 7.82 Å². The SMILES string of the molecule is CCCC[C@H](NC(=O)[C@H](Cc1ccc(OP(=O)(O)O)cc1)NC(C)=O)C(=O)N1CCC[C@H]1C(=O)N[C@@H](CCC(N)=O)C(=O)N[C@H](C(N)=O)[C@@H](C)O. The van der Waals surface area contributed by atoms with Gasteiger partial charge in [0.1, 0.15) is 36.0 Å². The average Bonchev–Trinajstić information content (AvgIpc) is 3.53. The first-order valence-electron chi connectivity index (χ1n) is 16.4. The predicted molar refractivity (Wildman–Crippen MR) is 180 cm³/mol. The number of aliphatic hydroxyl groups excluding tert-OH is 1. The number of hydrogen-bond acceptors (Lipinski definition) is 10. The van der Waals surface area contributed by atoms with E-state index in [9.17, 15) is 43.2 Å². The molecule has 284 valence electrons. The smallest absolute Gasteiger partial charge is 0.404 e. The summed E-state index contributed by atoms with van der Waals surface area (Å²) in [6.07, 6.45) is 0.0340. The van der Waals surface area contributed by atoms with E-state index in [1.54, 1.807) is 0 Å². The van der Waals surface area contributed by atoms with E-state index in [0.717, 1.165) is 0 Å². The number of benzene rings is 1. The van der Waals surface area contributed by atoms with Crippen LogP contribution in [0.3, 0.4) is 0 Å². The van der Waals surface area contributed by atoms with Gasteiger partial charge in [0.15, 0.2) is 0 Å². The molecule has 1 heterocycles. The van der Waals surface area contributed by atoms with Crippen LogP contribution in [0.15, 0.2) is 24.3 Å². The van der Waals surface area contributed by atoms with Gasteiger partial charge in [0.2, 0.25) is 41.4 Å². The minimum Gasteiger partial charge on any atom is -0.404 e. The van der Waals surface area contributed by atoms with Crippen LogP contribution in [0.5, 0.6) is 5.75 Å². The standard InChI is InChI=1S/C31H48N7O12P/c1-4-5-7-22(36-29(44)23(34-18(3)40)16-19-9-11-20(12-10-19)50-51(47,48)49)31(46)38-15-6-8-24(38)30(45)35-21(13-14-25(32)41)28(43)37-26(17(2)39)27(33)42/h9-12,17,21-24,26,39H,4-8,13-16H2,1-3H3,(H2,32,41)(H2,33,42)(H,34,40)(H,35,45)(H,36,44)(H,37,43)(H2,47,48,49)/t17-,21+,22+,23+,24+,26+/m1/s1. The zero-order valence-corrected chi connectivity index (χ0v) is 29.6. The summed E-state index contributed by atoms with van der Waals surface area (Å²) in [7, 11) is -4.79. The van der Waals surface area contributed by atoms with Crippen molar-refractivity contribution in [2.24, 2.45) is 11.5 Å². The van der Waals surface area contributed by atoms with E-state index in [1.165, 1.54) is 43.0 Å². The Morgan fingerprint density at radius 1 is 0.941 bits per heavy atom.